The van der Waals surface area contributed by atoms with E-state index in [1.165, 1.54) is 16.3 Å². The predicted molar refractivity (Wildman–Crippen MR) is 107 cm³/mol. The third kappa shape index (κ3) is 2.95. The van der Waals surface area contributed by atoms with E-state index in [0.717, 1.165) is 24.0 Å². The fourth-order valence-corrected chi connectivity index (χ4v) is 4.39. The Bertz CT molecular complexity index is 1100. The van der Waals surface area contributed by atoms with Crippen LogP contribution in [0.3, 0.4) is 0 Å². The van der Waals surface area contributed by atoms with Crippen LogP contribution in [0.2, 0.25) is 0 Å². The van der Waals surface area contributed by atoms with Crippen molar-refractivity contribution in [2.45, 2.75) is 25.3 Å². The lowest BCUT2D eigenvalue weighted by atomic mass is 9.96. The van der Waals surface area contributed by atoms with E-state index in [1.807, 2.05) is 23.1 Å². The van der Waals surface area contributed by atoms with Crippen molar-refractivity contribution in [3.63, 3.8) is 0 Å². The summed E-state index contributed by atoms with van der Waals surface area (Å²) in [5.41, 5.74) is 3.63. The smallest absolute Gasteiger partial charge is 0.335 e. The second-order valence-corrected chi connectivity index (χ2v) is 7.85. The van der Waals surface area contributed by atoms with Crippen molar-refractivity contribution in [2.75, 3.05) is 6.54 Å². The van der Waals surface area contributed by atoms with Crippen molar-refractivity contribution in [3.8, 4) is 0 Å². The van der Waals surface area contributed by atoms with Gasteiger partial charge in [-0.1, -0.05) is 48.5 Å². The van der Waals surface area contributed by atoms with E-state index in [4.69, 9.17) is 0 Å². The maximum atomic E-state index is 13.0. The molecular weight excluding hydrogens is 350 g/mol. The van der Waals surface area contributed by atoms with Gasteiger partial charge in [0, 0.05) is 19.0 Å². The fraction of sp³-hybridized carbons (Fsp3) is 0.250. The monoisotopic (exact) mass is 371 g/mol. The lowest BCUT2D eigenvalue weighted by Crippen LogP contribution is -2.37. The molecule has 1 aliphatic heterocycles. The number of hydrogen-bond donors (Lipinski definition) is 1. The molecular formula is C24H21NO3. The van der Waals surface area contributed by atoms with E-state index in [9.17, 15) is 14.7 Å². The van der Waals surface area contributed by atoms with Crippen LogP contribution in [0.25, 0.3) is 10.8 Å². The number of carbonyl (C=O) groups excluding carboxylic acids is 1. The molecule has 1 saturated carbocycles. The number of hydrogen-bond acceptors (Lipinski definition) is 2. The molecule has 2 atom stereocenters. The summed E-state index contributed by atoms with van der Waals surface area (Å²) in [6.07, 6.45) is 1.68. The highest BCUT2D eigenvalue weighted by Crippen LogP contribution is 2.49. The van der Waals surface area contributed by atoms with Gasteiger partial charge in [0.05, 0.1) is 5.56 Å². The molecule has 4 nitrogen and oxygen atoms in total. The molecule has 5 rings (SSSR count). The number of amides is 1. The average molecular weight is 371 g/mol. The second kappa shape index (κ2) is 6.48. The Hall–Kier alpha value is -3.14. The van der Waals surface area contributed by atoms with Crippen LogP contribution < -0.4 is 0 Å². The Balaban J connectivity index is 1.32. The van der Waals surface area contributed by atoms with Crippen LogP contribution >= 0.6 is 0 Å². The van der Waals surface area contributed by atoms with Crippen LogP contribution in [0.5, 0.6) is 0 Å². The second-order valence-electron chi connectivity index (χ2n) is 7.85. The average Bonchev–Trinajstić information content (AvgIpc) is 3.53. The molecule has 0 saturated heterocycles. The number of nitrogens with zero attached hydrogens (tertiary/aromatic N) is 1. The summed E-state index contributed by atoms with van der Waals surface area (Å²) in [4.78, 5) is 26.2. The molecule has 2 unspecified atom stereocenters. The van der Waals surface area contributed by atoms with Gasteiger partial charge < -0.3 is 10.0 Å². The van der Waals surface area contributed by atoms with Crippen molar-refractivity contribution < 1.29 is 14.7 Å². The SMILES string of the molecule is O=C(O)c1ccc2c(c1)CN(C(=O)C1CC1c1ccc3ccccc3c1)CC2. The number of carboxylic acids is 1. The Morgan fingerprint density at radius 3 is 2.57 bits per heavy atom. The maximum absolute atomic E-state index is 13.0. The van der Waals surface area contributed by atoms with E-state index in [1.54, 1.807) is 12.1 Å². The zero-order valence-electron chi connectivity index (χ0n) is 15.5. The molecule has 1 fully saturated rings. The largest absolute Gasteiger partial charge is 0.478 e. The number of benzene rings is 3. The van der Waals surface area contributed by atoms with E-state index in [-0.39, 0.29) is 17.4 Å². The van der Waals surface area contributed by atoms with Gasteiger partial charge in [-0.2, -0.15) is 0 Å². The van der Waals surface area contributed by atoms with Gasteiger partial charge in [0.15, 0.2) is 0 Å². The molecule has 4 heteroatoms. The molecule has 3 aromatic rings. The maximum Gasteiger partial charge on any atom is 0.335 e. The molecule has 140 valence electrons. The van der Waals surface area contributed by atoms with Gasteiger partial charge in [-0.25, -0.2) is 4.79 Å². The van der Waals surface area contributed by atoms with Crippen LogP contribution in [-0.2, 0) is 17.8 Å². The summed E-state index contributed by atoms with van der Waals surface area (Å²) in [5.74, 6) is -0.386. The Morgan fingerprint density at radius 1 is 0.929 bits per heavy atom. The van der Waals surface area contributed by atoms with Gasteiger partial charge in [-0.3, -0.25) is 4.79 Å². The molecule has 0 bridgehead atoms. The lowest BCUT2D eigenvalue weighted by molar-refractivity contribution is -0.133. The molecule has 1 aliphatic carbocycles. The molecule has 1 N–H and O–H groups in total. The van der Waals surface area contributed by atoms with Gasteiger partial charge in [0.1, 0.15) is 0 Å². The van der Waals surface area contributed by atoms with Crippen LogP contribution in [-0.4, -0.2) is 28.4 Å². The van der Waals surface area contributed by atoms with Crippen LogP contribution in [0.4, 0.5) is 0 Å². The Labute approximate surface area is 163 Å². The third-order valence-electron chi connectivity index (χ3n) is 6.09. The number of rotatable bonds is 3. The molecule has 0 spiro atoms. The Kier molecular flexibility index (Phi) is 3.93. The van der Waals surface area contributed by atoms with Gasteiger partial charge >= 0.3 is 5.97 Å². The number of carbonyl (C=O) groups is 2. The van der Waals surface area contributed by atoms with Gasteiger partial charge in [-0.15, -0.1) is 0 Å². The van der Waals surface area contributed by atoms with Crippen molar-refractivity contribution in [2.24, 2.45) is 5.92 Å². The number of carboxylic acid groups (broad SMARTS) is 1. The summed E-state index contributed by atoms with van der Waals surface area (Å²) >= 11 is 0. The summed E-state index contributed by atoms with van der Waals surface area (Å²) in [6, 6.07) is 20.0. The number of aromatic carboxylic acids is 1. The van der Waals surface area contributed by atoms with Crippen LogP contribution in [0, 0.1) is 5.92 Å². The van der Waals surface area contributed by atoms with Crippen molar-refractivity contribution in [1.82, 2.24) is 4.90 Å². The summed E-state index contributed by atoms with van der Waals surface area (Å²) in [6.45, 7) is 1.22. The van der Waals surface area contributed by atoms with Crippen LogP contribution in [0.1, 0.15) is 39.4 Å². The highest BCUT2D eigenvalue weighted by molar-refractivity contribution is 5.88. The topological polar surface area (TPSA) is 57.6 Å². The number of fused-ring (bicyclic) bond motifs is 2. The first-order valence-corrected chi connectivity index (χ1v) is 9.73. The predicted octanol–water partition coefficient (Wildman–Crippen LogP) is 4.23. The summed E-state index contributed by atoms with van der Waals surface area (Å²) in [5, 5.41) is 11.6. The van der Waals surface area contributed by atoms with E-state index < -0.39 is 5.97 Å². The zero-order chi connectivity index (χ0) is 19.3. The summed E-state index contributed by atoms with van der Waals surface area (Å²) in [7, 11) is 0. The minimum Gasteiger partial charge on any atom is -0.478 e. The lowest BCUT2D eigenvalue weighted by Gasteiger charge is -2.29. The van der Waals surface area contributed by atoms with Crippen molar-refractivity contribution in [1.29, 1.82) is 0 Å². The highest BCUT2D eigenvalue weighted by Gasteiger charge is 2.46. The highest BCUT2D eigenvalue weighted by atomic mass is 16.4. The molecule has 1 amide bonds. The molecule has 28 heavy (non-hydrogen) atoms. The minimum atomic E-state index is -0.926. The zero-order valence-corrected chi connectivity index (χ0v) is 15.5. The molecule has 3 aromatic carbocycles. The summed E-state index contributed by atoms with van der Waals surface area (Å²) < 4.78 is 0. The Morgan fingerprint density at radius 2 is 1.75 bits per heavy atom. The standard InChI is InChI=1S/C24H21NO3/c26-23(25-10-9-16-6-8-19(24(27)28)12-20(16)14-25)22-13-21(22)18-7-5-15-3-1-2-4-17(15)11-18/h1-8,11-12,21-22H,9-10,13-14H2,(H,27,28). The first-order chi connectivity index (χ1) is 13.6. The van der Waals surface area contributed by atoms with E-state index in [2.05, 4.69) is 30.3 Å². The van der Waals surface area contributed by atoms with Gasteiger partial charge in [0.25, 0.3) is 0 Å². The first kappa shape index (κ1) is 17.0. The van der Waals surface area contributed by atoms with Crippen LogP contribution in [0.15, 0.2) is 60.7 Å². The van der Waals surface area contributed by atoms with E-state index >= 15 is 0 Å². The van der Waals surface area contributed by atoms with Gasteiger partial charge in [0.2, 0.25) is 5.91 Å². The van der Waals surface area contributed by atoms with E-state index in [0.29, 0.717) is 19.0 Å². The normalized spacial score (nSPS) is 20.6. The van der Waals surface area contributed by atoms with Crippen molar-refractivity contribution >= 4 is 22.6 Å². The molecule has 1 heterocycles. The molecule has 0 aromatic heterocycles. The van der Waals surface area contributed by atoms with Gasteiger partial charge in [-0.05, 0) is 58.4 Å². The molecule has 0 radical (unpaired) electrons. The fourth-order valence-electron chi connectivity index (χ4n) is 4.39. The third-order valence-corrected chi connectivity index (χ3v) is 6.09. The van der Waals surface area contributed by atoms with Crippen molar-refractivity contribution in [3.05, 3.63) is 82.9 Å². The minimum absolute atomic E-state index is 0.0466. The quantitative estimate of drug-likeness (QED) is 0.750. The molecule has 2 aliphatic rings. The first-order valence-electron chi connectivity index (χ1n) is 9.73.